The molecule has 158 valence electrons. The van der Waals surface area contributed by atoms with Gasteiger partial charge < -0.3 is 10.2 Å². The second kappa shape index (κ2) is 9.00. The van der Waals surface area contributed by atoms with Crippen molar-refractivity contribution < 1.29 is 4.79 Å². The summed E-state index contributed by atoms with van der Waals surface area (Å²) >= 11 is 1.76. The fraction of sp³-hybridized carbons (Fsp3) is 0.652. The van der Waals surface area contributed by atoms with Crippen molar-refractivity contribution in [2.75, 3.05) is 37.6 Å². The SMILES string of the molecule is Cc1cc(C)c2nc(N3CCC[C@H](C(=O)NCCN4CCCC[C@H]4C)C3)sc2c1. The van der Waals surface area contributed by atoms with Gasteiger partial charge in [0, 0.05) is 32.2 Å². The number of fused-ring (bicyclic) bond motifs is 1. The molecule has 0 unspecified atom stereocenters. The zero-order valence-electron chi connectivity index (χ0n) is 18.0. The summed E-state index contributed by atoms with van der Waals surface area (Å²) in [6.07, 6.45) is 5.94. The first-order chi connectivity index (χ1) is 14.0. The highest BCUT2D eigenvalue weighted by atomic mass is 32.1. The number of hydrogen-bond donors (Lipinski definition) is 1. The standard InChI is InChI=1S/C23H34N4OS/c1-16-13-17(2)21-20(14-16)29-23(25-21)27-11-6-8-19(15-27)22(28)24-9-12-26-10-5-4-7-18(26)3/h13-14,18-19H,4-12,15H2,1-3H3,(H,24,28)/t18-,19+/m1/s1. The molecule has 6 heteroatoms. The van der Waals surface area contributed by atoms with Gasteiger partial charge in [-0.15, -0.1) is 0 Å². The van der Waals surface area contributed by atoms with E-state index < -0.39 is 0 Å². The summed E-state index contributed by atoms with van der Waals surface area (Å²) < 4.78 is 1.25. The number of aromatic nitrogens is 1. The second-order valence-corrected chi connectivity index (χ2v) is 9.89. The van der Waals surface area contributed by atoms with E-state index in [0.717, 1.165) is 49.7 Å². The van der Waals surface area contributed by atoms with E-state index in [-0.39, 0.29) is 11.8 Å². The van der Waals surface area contributed by atoms with Crippen molar-refractivity contribution in [2.24, 2.45) is 5.92 Å². The molecule has 1 aromatic heterocycles. The van der Waals surface area contributed by atoms with E-state index in [1.54, 1.807) is 11.3 Å². The van der Waals surface area contributed by atoms with Crippen molar-refractivity contribution in [3.05, 3.63) is 23.3 Å². The quantitative estimate of drug-likeness (QED) is 0.800. The molecular formula is C23H34N4OS. The first-order valence-corrected chi connectivity index (χ1v) is 12.0. The Morgan fingerprint density at radius 3 is 2.90 bits per heavy atom. The van der Waals surface area contributed by atoms with Crippen LogP contribution < -0.4 is 10.2 Å². The molecule has 1 amide bonds. The molecule has 0 spiro atoms. The van der Waals surface area contributed by atoms with Crippen molar-refractivity contribution in [2.45, 2.75) is 58.9 Å². The first kappa shape index (κ1) is 20.6. The zero-order valence-corrected chi connectivity index (χ0v) is 18.9. The normalized spacial score (nSPS) is 23.5. The minimum Gasteiger partial charge on any atom is -0.355 e. The Morgan fingerprint density at radius 2 is 2.07 bits per heavy atom. The third kappa shape index (κ3) is 4.75. The van der Waals surface area contributed by atoms with Crippen molar-refractivity contribution >= 4 is 32.6 Å². The fourth-order valence-corrected chi connectivity index (χ4v) is 5.99. The molecule has 2 aliphatic heterocycles. The lowest BCUT2D eigenvalue weighted by atomic mass is 9.97. The van der Waals surface area contributed by atoms with Gasteiger partial charge in [-0.25, -0.2) is 4.98 Å². The van der Waals surface area contributed by atoms with Gasteiger partial charge in [-0.05, 0) is 70.2 Å². The number of rotatable bonds is 5. The maximum absolute atomic E-state index is 12.8. The average Bonchev–Trinajstić information content (AvgIpc) is 3.14. The molecule has 2 saturated heterocycles. The molecule has 1 aromatic carbocycles. The lowest BCUT2D eigenvalue weighted by Crippen LogP contribution is -2.46. The Bertz CT molecular complexity index is 864. The Hall–Kier alpha value is -1.66. The maximum atomic E-state index is 12.8. The fourth-order valence-electron chi connectivity index (χ4n) is 4.82. The van der Waals surface area contributed by atoms with Crippen LogP contribution in [0.3, 0.4) is 0 Å². The van der Waals surface area contributed by atoms with Gasteiger partial charge in [0.25, 0.3) is 0 Å². The van der Waals surface area contributed by atoms with Gasteiger partial charge in [0.15, 0.2) is 5.13 Å². The number of carbonyl (C=O) groups is 1. The summed E-state index contributed by atoms with van der Waals surface area (Å²) in [4.78, 5) is 22.5. The predicted molar refractivity (Wildman–Crippen MR) is 122 cm³/mol. The number of aryl methyl sites for hydroxylation is 2. The number of amides is 1. The van der Waals surface area contributed by atoms with E-state index in [2.05, 4.69) is 48.0 Å². The molecular weight excluding hydrogens is 380 g/mol. The van der Waals surface area contributed by atoms with Crippen LogP contribution in [0.15, 0.2) is 12.1 Å². The Kier molecular flexibility index (Phi) is 6.40. The summed E-state index contributed by atoms with van der Waals surface area (Å²) in [5.74, 6) is 0.282. The highest BCUT2D eigenvalue weighted by Gasteiger charge is 2.28. The molecule has 0 radical (unpaired) electrons. The van der Waals surface area contributed by atoms with E-state index >= 15 is 0 Å². The number of nitrogens with zero attached hydrogens (tertiary/aromatic N) is 3. The molecule has 3 heterocycles. The number of likely N-dealkylation sites (tertiary alicyclic amines) is 1. The maximum Gasteiger partial charge on any atom is 0.224 e. The Morgan fingerprint density at radius 1 is 1.21 bits per heavy atom. The Balaban J connectivity index is 1.34. The van der Waals surface area contributed by atoms with Gasteiger partial charge in [0.05, 0.1) is 16.1 Å². The van der Waals surface area contributed by atoms with Crippen LogP contribution in [0, 0.1) is 19.8 Å². The number of carbonyl (C=O) groups excluding carboxylic acids is 1. The number of anilines is 1. The minimum absolute atomic E-state index is 0.0670. The first-order valence-electron chi connectivity index (χ1n) is 11.2. The predicted octanol–water partition coefficient (Wildman–Crippen LogP) is 4.12. The highest BCUT2D eigenvalue weighted by molar-refractivity contribution is 7.22. The van der Waals surface area contributed by atoms with E-state index in [9.17, 15) is 4.79 Å². The van der Waals surface area contributed by atoms with Crippen LogP contribution in [0.2, 0.25) is 0 Å². The Labute approximate surface area is 178 Å². The average molecular weight is 415 g/mol. The topological polar surface area (TPSA) is 48.5 Å². The molecule has 0 saturated carbocycles. The number of piperidine rings is 2. The molecule has 2 aromatic rings. The molecule has 29 heavy (non-hydrogen) atoms. The number of benzene rings is 1. The largest absolute Gasteiger partial charge is 0.355 e. The van der Waals surface area contributed by atoms with Crippen molar-refractivity contribution in [1.29, 1.82) is 0 Å². The van der Waals surface area contributed by atoms with Gasteiger partial charge in [-0.2, -0.15) is 0 Å². The van der Waals surface area contributed by atoms with Gasteiger partial charge in [0.1, 0.15) is 0 Å². The summed E-state index contributed by atoms with van der Waals surface area (Å²) in [5, 5.41) is 4.27. The van der Waals surface area contributed by atoms with Crippen LogP contribution in [0.25, 0.3) is 10.2 Å². The highest BCUT2D eigenvalue weighted by Crippen LogP contribution is 2.33. The summed E-state index contributed by atoms with van der Waals surface area (Å²) in [7, 11) is 0. The minimum atomic E-state index is 0.0670. The van der Waals surface area contributed by atoms with Crippen molar-refractivity contribution in [1.82, 2.24) is 15.2 Å². The van der Waals surface area contributed by atoms with E-state index in [1.807, 2.05) is 0 Å². The molecule has 4 rings (SSSR count). The van der Waals surface area contributed by atoms with Crippen LogP contribution in [-0.4, -0.2) is 54.6 Å². The smallest absolute Gasteiger partial charge is 0.224 e. The monoisotopic (exact) mass is 414 g/mol. The van der Waals surface area contributed by atoms with Crippen molar-refractivity contribution in [3.63, 3.8) is 0 Å². The number of hydrogen-bond acceptors (Lipinski definition) is 5. The lowest BCUT2D eigenvalue weighted by molar-refractivity contribution is -0.125. The third-order valence-corrected chi connectivity index (χ3v) is 7.58. The van der Waals surface area contributed by atoms with E-state index in [0.29, 0.717) is 6.04 Å². The molecule has 2 atom stereocenters. The van der Waals surface area contributed by atoms with Crippen LogP contribution in [0.4, 0.5) is 5.13 Å². The van der Waals surface area contributed by atoms with E-state index in [4.69, 9.17) is 4.98 Å². The molecule has 0 bridgehead atoms. The molecule has 2 aliphatic rings. The van der Waals surface area contributed by atoms with Gasteiger partial charge >= 0.3 is 0 Å². The summed E-state index contributed by atoms with van der Waals surface area (Å²) in [6.45, 7) is 11.3. The lowest BCUT2D eigenvalue weighted by Gasteiger charge is -2.34. The number of nitrogens with one attached hydrogen (secondary N) is 1. The van der Waals surface area contributed by atoms with Crippen LogP contribution in [0.1, 0.15) is 50.2 Å². The third-order valence-electron chi connectivity index (χ3n) is 6.52. The van der Waals surface area contributed by atoms with Gasteiger partial charge in [-0.1, -0.05) is 23.8 Å². The van der Waals surface area contributed by atoms with Crippen molar-refractivity contribution in [3.8, 4) is 0 Å². The van der Waals surface area contributed by atoms with E-state index in [1.165, 1.54) is 41.6 Å². The zero-order chi connectivity index (χ0) is 20.4. The number of thiazole rings is 1. The van der Waals surface area contributed by atoms with Crippen LogP contribution in [0.5, 0.6) is 0 Å². The van der Waals surface area contributed by atoms with Crippen LogP contribution in [-0.2, 0) is 4.79 Å². The summed E-state index contributed by atoms with van der Waals surface area (Å²) in [6, 6.07) is 5.07. The molecule has 0 aliphatic carbocycles. The molecule has 2 fully saturated rings. The molecule has 5 nitrogen and oxygen atoms in total. The van der Waals surface area contributed by atoms with Gasteiger partial charge in [-0.3, -0.25) is 9.69 Å². The second-order valence-electron chi connectivity index (χ2n) is 8.88. The van der Waals surface area contributed by atoms with Crippen LogP contribution >= 0.6 is 11.3 Å². The molecule has 1 N–H and O–H groups in total. The summed E-state index contributed by atoms with van der Waals surface area (Å²) in [5.41, 5.74) is 3.63. The van der Waals surface area contributed by atoms with Gasteiger partial charge in [0.2, 0.25) is 5.91 Å².